The van der Waals surface area contributed by atoms with E-state index in [0.29, 0.717) is 46.9 Å². The first kappa shape index (κ1) is 25.3. The molecule has 1 heterocycles. The molecule has 3 aliphatic rings. The number of rotatable bonds is 6. The lowest BCUT2D eigenvalue weighted by molar-refractivity contribution is -0.146. The molecule has 0 N–H and O–H groups in total. The monoisotopic (exact) mass is 483 g/mol. The number of ketones is 1. The van der Waals surface area contributed by atoms with Crippen LogP contribution < -0.4 is 14.2 Å². The minimum atomic E-state index is -0.572. The van der Waals surface area contributed by atoms with E-state index in [9.17, 15) is 9.59 Å². The van der Waals surface area contributed by atoms with Crippen LogP contribution in [-0.2, 0) is 14.3 Å². The maximum Gasteiger partial charge on any atom is 0.336 e. The Balaban J connectivity index is 1.86. The van der Waals surface area contributed by atoms with Gasteiger partial charge in [-0.15, -0.1) is 0 Å². The summed E-state index contributed by atoms with van der Waals surface area (Å²) in [6.07, 6.45) is 6.03. The van der Waals surface area contributed by atoms with Gasteiger partial charge >= 0.3 is 5.97 Å². The minimum Gasteiger partial charge on any atom is -0.496 e. The summed E-state index contributed by atoms with van der Waals surface area (Å²) in [6.45, 7) is 6.01. The normalized spacial score (nSPS) is 24.4. The van der Waals surface area contributed by atoms with Crippen LogP contribution in [0.25, 0.3) is 0 Å². The Kier molecular flexibility index (Phi) is 7.25. The number of carbonyl (C=O) groups is 2. The molecule has 190 valence electrons. The lowest BCUT2D eigenvalue weighted by Crippen LogP contribution is -2.44. The van der Waals surface area contributed by atoms with Crippen molar-refractivity contribution in [2.75, 3.05) is 21.3 Å². The first-order valence-electron chi connectivity index (χ1n) is 12.5. The smallest absolute Gasteiger partial charge is 0.336 e. The van der Waals surface area contributed by atoms with Crippen LogP contribution in [0.15, 0.2) is 28.4 Å². The Labute approximate surface area is 207 Å². The molecule has 2 saturated carbocycles. The van der Waals surface area contributed by atoms with Gasteiger partial charge in [0.25, 0.3) is 0 Å². The van der Waals surface area contributed by atoms with E-state index in [0.717, 1.165) is 31.4 Å². The summed E-state index contributed by atoms with van der Waals surface area (Å²) in [7, 11) is 4.70. The summed E-state index contributed by atoms with van der Waals surface area (Å²) >= 11 is 0. The second-order valence-corrected chi connectivity index (χ2v) is 10.7. The molecule has 0 amide bonds. The van der Waals surface area contributed by atoms with Crippen molar-refractivity contribution in [1.29, 1.82) is 0 Å². The second-order valence-electron chi connectivity index (χ2n) is 10.7. The molecular weight excluding hydrogens is 446 g/mol. The molecule has 0 spiro atoms. The van der Waals surface area contributed by atoms with Crippen molar-refractivity contribution in [2.45, 2.75) is 77.7 Å². The van der Waals surface area contributed by atoms with Crippen LogP contribution in [0.4, 0.5) is 0 Å². The fourth-order valence-corrected chi connectivity index (χ4v) is 5.89. The van der Waals surface area contributed by atoms with E-state index in [1.54, 1.807) is 27.4 Å². The number of Topliss-reactive ketones (excluding diaryl/α,β-unsaturated/α-hetero) is 1. The highest BCUT2D eigenvalue weighted by Crippen LogP contribution is 2.50. The van der Waals surface area contributed by atoms with Crippen LogP contribution in [0.2, 0.25) is 0 Å². The predicted molar refractivity (Wildman–Crippen MR) is 133 cm³/mol. The van der Waals surface area contributed by atoms with Crippen LogP contribution in [0.3, 0.4) is 0 Å². The SMILES string of the molecule is COc1cc(OC)c([C@H]2C(C(=O)OC3CCCCC3)=C(C)N=C3CC(C)(C)CC(=O)[C@@H]32)cc1OC. The van der Waals surface area contributed by atoms with Crippen LogP contribution >= 0.6 is 0 Å². The van der Waals surface area contributed by atoms with Gasteiger partial charge in [0.15, 0.2) is 11.5 Å². The van der Waals surface area contributed by atoms with Gasteiger partial charge in [0.2, 0.25) is 0 Å². The van der Waals surface area contributed by atoms with Crippen LogP contribution in [0, 0.1) is 11.3 Å². The molecule has 4 rings (SSSR count). The molecule has 0 saturated heterocycles. The summed E-state index contributed by atoms with van der Waals surface area (Å²) in [4.78, 5) is 32.1. The van der Waals surface area contributed by atoms with Gasteiger partial charge in [0.05, 0.1) is 32.8 Å². The molecule has 0 radical (unpaired) electrons. The number of hydrogen-bond acceptors (Lipinski definition) is 7. The van der Waals surface area contributed by atoms with E-state index in [4.69, 9.17) is 23.9 Å². The average Bonchev–Trinajstić information content (AvgIpc) is 2.81. The van der Waals surface area contributed by atoms with Crippen molar-refractivity contribution < 1.29 is 28.5 Å². The van der Waals surface area contributed by atoms with E-state index in [2.05, 4.69) is 13.8 Å². The van der Waals surface area contributed by atoms with Crippen molar-refractivity contribution in [2.24, 2.45) is 16.3 Å². The van der Waals surface area contributed by atoms with E-state index in [1.807, 2.05) is 13.0 Å². The summed E-state index contributed by atoms with van der Waals surface area (Å²) < 4.78 is 22.8. The molecule has 0 aromatic heterocycles. The molecule has 1 aromatic carbocycles. The third kappa shape index (κ3) is 4.95. The number of carbonyl (C=O) groups excluding carboxylic acids is 2. The average molecular weight is 484 g/mol. The molecular formula is C28H37NO6. The standard InChI is InChI=1S/C28H37NO6/c1-16-24(27(31)35-17-10-8-7-9-11-17)25(26-19(29-16)14-28(2,3)15-20(26)30)18-12-22(33-5)23(34-6)13-21(18)32-4/h12-13,17,25-26H,7-11,14-15H2,1-6H3/t25-,26+/m0/s1. The second kappa shape index (κ2) is 10.0. The highest BCUT2D eigenvalue weighted by Gasteiger charge is 2.49. The third-order valence-electron chi connectivity index (χ3n) is 7.48. The molecule has 2 fully saturated rings. The van der Waals surface area contributed by atoms with E-state index in [-0.39, 0.29) is 17.3 Å². The van der Waals surface area contributed by atoms with Gasteiger partial charge in [-0.05, 0) is 50.5 Å². The Bertz CT molecular complexity index is 1060. The molecule has 2 aliphatic carbocycles. The summed E-state index contributed by atoms with van der Waals surface area (Å²) in [6, 6.07) is 3.57. The van der Waals surface area contributed by atoms with Gasteiger partial charge in [-0.2, -0.15) is 0 Å². The minimum absolute atomic E-state index is 0.0808. The van der Waals surface area contributed by atoms with Crippen molar-refractivity contribution in [1.82, 2.24) is 0 Å². The van der Waals surface area contributed by atoms with Gasteiger partial charge in [-0.3, -0.25) is 9.79 Å². The fourth-order valence-electron chi connectivity index (χ4n) is 5.89. The molecule has 1 aliphatic heterocycles. The first-order chi connectivity index (χ1) is 16.7. The van der Waals surface area contributed by atoms with Crippen LogP contribution in [0.1, 0.15) is 77.2 Å². The largest absolute Gasteiger partial charge is 0.496 e. The summed E-state index contributed by atoms with van der Waals surface area (Å²) in [5.74, 6) is 0.121. The molecule has 1 aromatic rings. The number of fused-ring (bicyclic) bond motifs is 1. The number of benzene rings is 1. The zero-order valence-corrected chi connectivity index (χ0v) is 21.7. The number of allylic oxidation sites excluding steroid dienone is 1. The zero-order chi connectivity index (χ0) is 25.3. The van der Waals surface area contributed by atoms with Gasteiger partial charge < -0.3 is 18.9 Å². The van der Waals surface area contributed by atoms with Crippen LogP contribution in [0.5, 0.6) is 17.2 Å². The highest BCUT2D eigenvalue weighted by molar-refractivity contribution is 6.12. The molecule has 35 heavy (non-hydrogen) atoms. The van der Waals surface area contributed by atoms with Crippen molar-refractivity contribution in [3.63, 3.8) is 0 Å². The Morgan fingerprint density at radius 2 is 1.54 bits per heavy atom. The molecule has 0 bridgehead atoms. The number of methoxy groups -OCH3 is 3. The topological polar surface area (TPSA) is 83.4 Å². The lowest BCUT2D eigenvalue weighted by Gasteiger charge is -2.41. The van der Waals surface area contributed by atoms with Crippen LogP contribution in [-0.4, -0.2) is 44.9 Å². The maximum absolute atomic E-state index is 13.7. The number of nitrogens with zero attached hydrogens (tertiary/aromatic N) is 1. The molecule has 7 heteroatoms. The van der Waals surface area contributed by atoms with E-state index < -0.39 is 17.8 Å². The quantitative estimate of drug-likeness (QED) is 0.504. The van der Waals surface area contributed by atoms with Gasteiger partial charge in [0, 0.05) is 35.4 Å². The molecule has 0 unspecified atom stereocenters. The maximum atomic E-state index is 13.7. The molecule has 7 nitrogen and oxygen atoms in total. The summed E-state index contributed by atoms with van der Waals surface area (Å²) in [5, 5.41) is 0. The number of hydrogen-bond donors (Lipinski definition) is 0. The summed E-state index contributed by atoms with van der Waals surface area (Å²) in [5.41, 5.74) is 2.37. The van der Waals surface area contributed by atoms with Crippen molar-refractivity contribution in [3.8, 4) is 17.2 Å². The number of aliphatic imine (C=N–C) groups is 1. The van der Waals surface area contributed by atoms with Gasteiger partial charge in [-0.25, -0.2) is 4.79 Å². The fraction of sp³-hybridized carbons (Fsp3) is 0.607. The zero-order valence-electron chi connectivity index (χ0n) is 21.7. The Hall–Kier alpha value is -2.83. The lowest BCUT2D eigenvalue weighted by atomic mass is 9.63. The number of ether oxygens (including phenoxy) is 4. The van der Waals surface area contributed by atoms with E-state index >= 15 is 0 Å². The van der Waals surface area contributed by atoms with Gasteiger partial charge in [-0.1, -0.05) is 20.3 Å². The Morgan fingerprint density at radius 3 is 2.17 bits per heavy atom. The third-order valence-corrected chi connectivity index (χ3v) is 7.48. The molecule has 2 atom stereocenters. The highest BCUT2D eigenvalue weighted by atomic mass is 16.5. The first-order valence-corrected chi connectivity index (χ1v) is 12.5. The Morgan fingerprint density at radius 1 is 0.914 bits per heavy atom. The predicted octanol–water partition coefficient (Wildman–Crippen LogP) is 5.41. The van der Waals surface area contributed by atoms with Crippen molar-refractivity contribution in [3.05, 3.63) is 29.0 Å². The van der Waals surface area contributed by atoms with Gasteiger partial charge in [0.1, 0.15) is 17.6 Å². The van der Waals surface area contributed by atoms with E-state index in [1.165, 1.54) is 6.42 Å². The number of esters is 1. The van der Waals surface area contributed by atoms with Crippen molar-refractivity contribution >= 4 is 17.5 Å².